The molecule has 0 amide bonds. The Labute approximate surface area is 107 Å². The van der Waals surface area contributed by atoms with Crippen molar-refractivity contribution in [3.8, 4) is 6.07 Å². The summed E-state index contributed by atoms with van der Waals surface area (Å²) in [7, 11) is 0. The fourth-order valence-electron chi connectivity index (χ4n) is 2.08. The number of nitrogen functional groups attached to an aromatic ring is 1. The van der Waals surface area contributed by atoms with Crippen LogP contribution in [0.5, 0.6) is 0 Å². The fraction of sp³-hybridized carbons (Fsp3) is 0.286. The smallest absolute Gasteiger partial charge is 0.103 e. The number of nitriles is 1. The molecule has 0 bridgehead atoms. The lowest BCUT2D eigenvalue weighted by atomic mass is 10.1. The second-order valence-corrected chi connectivity index (χ2v) is 4.07. The largest absolute Gasteiger partial charge is 0.397 e. The van der Waals surface area contributed by atoms with E-state index in [-0.39, 0.29) is 0 Å². The molecule has 0 aliphatic heterocycles. The molecule has 0 aliphatic carbocycles. The van der Waals surface area contributed by atoms with Crippen molar-refractivity contribution in [2.75, 3.05) is 23.7 Å². The molecular weight excluding hydrogens is 224 g/mol. The highest BCUT2D eigenvalue weighted by Crippen LogP contribution is 2.27. The Morgan fingerprint density at radius 2 is 2.06 bits per heavy atom. The number of anilines is 2. The van der Waals surface area contributed by atoms with E-state index in [1.165, 1.54) is 6.20 Å². The van der Waals surface area contributed by atoms with Crippen molar-refractivity contribution in [1.29, 1.82) is 5.26 Å². The van der Waals surface area contributed by atoms with E-state index in [0.29, 0.717) is 11.3 Å². The molecule has 0 spiro atoms. The van der Waals surface area contributed by atoms with Gasteiger partial charge in [0.1, 0.15) is 6.07 Å². The molecule has 2 aromatic rings. The monoisotopic (exact) mass is 240 g/mol. The molecule has 1 heterocycles. The number of hydrogen-bond acceptors (Lipinski definition) is 4. The molecular formula is C14H16N4. The number of aromatic nitrogens is 1. The number of fused-ring (bicyclic) bond motifs is 1. The Morgan fingerprint density at radius 3 is 2.67 bits per heavy atom. The summed E-state index contributed by atoms with van der Waals surface area (Å²) in [4.78, 5) is 6.48. The van der Waals surface area contributed by atoms with Crippen LogP contribution in [0.25, 0.3) is 10.9 Å². The van der Waals surface area contributed by atoms with Gasteiger partial charge in [0.05, 0.1) is 16.8 Å². The normalized spacial score (nSPS) is 10.3. The minimum Gasteiger partial charge on any atom is -0.397 e. The molecule has 0 radical (unpaired) electrons. The van der Waals surface area contributed by atoms with Crippen LogP contribution in [-0.2, 0) is 0 Å². The van der Waals surface area contributed by atoms with E-state index in [0.717, 1.165) is 29.7 Å². The van der Waals surface area contributed by atoms with E-state index in [1.54, 1.807) is 0 Å². The number of rotatable bonds is 3. The maximum Gasteiger partial charge on any atom is 0.103 e. The summed E-state index contributed by atoms with van der Waals surface area (Å²) in [6, 6.07) is 8.05. The van der Waals surface area contributed by atoms with Crippen LogP contribution in [0, 0.1) is 11.3 Å². The second kappa shape index (κ2) is 4.92. The van der Waals surface area contributed by atoms with Gasteiger partial charge in [-0.15, -0.1) is 0 Å². The molecule has 1 aromatic carbocycles. The third kappa shape index (κ3) is 1.95. The summed E-state index contributed by atoms with van der Waals surface area (Å²) >= 11 is 0. The van der Waals surface area contributed by atoms with Crippen LogP contribution >= 0.6 is 0 Å². The third-order valence-corrected chi connectivity index (χ3v) is 3.14. The van der Waals surface area contributed by atoms with Crippen LogP contribution in [0.15, 0.2) is 24.4 Å². The highest BCUT2D eigenvalue weighted by atomic mass is 15.1. The maximum absolute atomic E-state index is 8.97. The van der Waals surface area contributed by atoms with E-state index in [9.17, 15) is 0 Å². The second-order valence-electron chi connectivity index (χ2n) is 4.07. The first-order chi connectivity index (χ1) is 8.71. The summed E-state index contributed by atoms with van der Waals surface area (Å²) in [6.45, 7) is 6.10. The molecule has 0 fully saturated rings. The molecule has 0 saturated heterocycles. The van der Waals surface area contributed by atoms with E-state index in [2.05, 4.69) is 29.8 Å². The van der Waals surface area contributed by atoms with Crippen LogP contribution in [-0.4, -0.2) is 18.1 Å². The van der Waals surface area contributed by atoms with Crippen molar-refractivity contribution >= 4 is 22.3 Å². The topological polar surface area (TPSA) is 65.9 Å². The zero-order valence-corrected chi connectivity index (χ0v) is 10.6. The van der Waals surface area contributed by atoms with Gasteiger partial charge < -0.3 is 10.6 Å². The van der Waals surface area contributed by atoms with Crippen molar-refractivity contribution < 1.29 is 0 Å². The summed E-state index contributed by atoms with van der Waals surface area (Å²) in [6.07, 6.45) is 1.52. The lowest BCUT2D eigenvalue weighted by molar-refractivity contribution is 0.867. The first kappa shape index (κ1) is 12.2. The molecule has 92 valence electrons. The molecule has 0 aliphatic rings. The quantitative estimate of drug-likeness (QED) is 0.895. The summed E-state index contributed by atoms with van der Waals surface area (Å²) < 4.78 is 0. The third-order valence-electron chi connectivity index (χ3n) is 3.14. The van der Waals surface area contributed by atoms with Gasteiger partial charge in [-0.3, -0.25) is 4.98 Å². The predicted molar refractivity (Wildman–Crippen MR) is 74.4 cm³/mol. The molecule has 0 atom stereocenters. The van der Waals surface area contributed by atoms with Gasteiger partial charge in [0.25, 0.3) is 0 Å². The zero-order chi connectivity index (χ0) is 13.1. The van der Waals surface area contributed by atoms with Crippen LogP contribution in [0.4, 0.5) is 11.4 Å². The molecule has 0 unspecified atom stereocenters. The van der Waals surface area contributed by atoms with Gasteiger partial charge in [0.2, 0.25) is 0 Å². The van der Waals surface area contributed by atoms with Crippen molar-refractivity contribution in [3.63, 3.8) is 0 Å². The van der Waals surface area contributed by atoms with Gasteiger partial charge >= 0.3 is 0 Å². The van der Waals surface area contributed by atoms with Gasteiger partial charge in [0.15, 0.2) is 0 Å². The van der Waals surface area contributed by atoms with Crippen molar-refractivity contribution in [1.82, 2.24) is 4.98 Å². The average molecular weight is 240 g/mol. The van der Waals surface area contributed by atoms with E-state index in [1.807, 2.05) is 18.2 Å². The fourth-order valence-corrected chi connectivity index (χ4v) is 2.08. The van der Waals surface area contributed by atoms with Crippen LogP contribution in [0.2, 0.25) is 0 Å². The molecule has 2 rings (SSSR count). The maximum atomic E-state index is 8.97. The molecule has 4 heteroatoms. The Hall–Kier alpha value is -2.28. The first-order valence-electron chi connectivity index (χ1n) is 6.04. The summed E-state index contributed by atoms with van der Waals surface area (Å²) in [5.41, 5.74) is 8.87. The number of nitrogens with zero attached hydrogens (tertiary/aromatic N) is 3. The van der Waals surface area contributed by atoms with E-state index < -0.39 is 0 Å². The van der Waals surface area contributed by atoms with Crippen LogP contribution in [0.1, 0.15) is 19.4 Å². The highest BCUT2D eigenvalue weighted by molar-refractivity contribution is 5.94. The van der Waals surface area contributed by atoms with E-state index in [4.69, 9.17) is 11.0 Å². The lowest BCUT2D eigenvalue weighted by Gasteiger charge is -2.21. The van der Waals surface area contributed by atoms with Crippen LogP contribution in [0.3, 0.4) is 0 Å². The molecule has 0 saturated carbocycles. The Bertz CT molecular complexity index is 609. The van der Waals surface area contributed by atoms with Gasteiger partial charge in [-0.1, -0.05) is 0 Å². The Balaban J connectivity index is 2.63. The molecule has 1 aromatic heterocycles. The minimum absolute atomic E-state index is 0.430. The molecule has 4 nitrogen and oxygen atoms in total. The van der Waals surface area contributed by atoms with Crippen LogP contribution < -0.4 is 10.6 Å². The predicted octanol–water partition coefficient (Wildman–Crippen LogP) is 2.53. The number of benzene rings is 1. The number of hydrogen-bond donors (Lipinski definition) is 1. The summed E-state index contributed by atoms with van der Waals surface area (Å²) in [5.74, 6) is 0. The van der Waals surface area contributed by atoms with Gasteiger partial charge in [-0.25, -0.2) is 0 Å². The van der Waals surface area contributed by atoms with Crippen molar-refractivity contribution in [2.45, 2.75) is 13.8 Å². The zero-order valence-electron chi connectivity index (χ0n) is 10.6. The number of nitrogens with two attached hydrogens (primary N) is 1. The summed E-state index contributed by atoms with van der Waals surface area (Å²) in [5, 5.41) is 9.81. The minimum atomic E-state index is 0.430. The Morgan fingerprint density at radius 1 is 1.33 bits per heavy atom. The molecule has 18 heavy (non-hydrogen) atoms. The van der Waals surface area contributed by atoms with Gasteiger partial charge in [-0.05, 0) is 32.0 Å². The van der Waals surface area contributed by atoms with Crippen molar-refractivity contribution in [3.05, 3.63) is 30.0 Å². The standard InChI is InChI=1S/C14H16N4/c1-3-18(4-2)11-5-6-13-12(7-11)14(16)10(8-15)9-17-13/h5-7,9H,3-4H2,1-2H3,(H2,16,17). The lowest BCUT2D eigenvalue weighted by Crippen LogP contribution is -2.21. The van der Waals surface area contributed by atoms with Gasteiger partial charge in [-0.2, -0.15) is 5.26 Å². The molecule has 2 N–H and O–H groups in total. The van der Waals surface area contributed by atoms with Crippen molar-refractivity contribution in [2.24, 2.45) is 0 Å². The Kier molecular flexibility index (Phi) is 3.33. The first-order valence-corrected chi connectivity index (χ1v) is 6.04. The number of pyridine rings is 1. The average Bonchev–Trinajstić information content (AvgIpc) is 2.41. The highest BCUT2D eigenvalue weighted by Gasteiger charge is 2.08. The SMILES string of the molecule is CCN(CC)c1ccc2ncc(C#N)c(N)c2c1. The van der Waals surface area contributed by atoms with E-state index >= 15 is 0 Å². The van der Waals surface area contributed by atoms with Gasteiger partial charge in [0, 0.05) is 30.4 Å².